The summed E-state index contributed by atoms with van der Waals surface area (Å²) in [5.74, 6) is 0. The van der Waals surface area contributed by atoms with Crippen molar-refractivity contribution in [2.45, 2.75) is 13.1 Å². The van der Waals surface area contributed by atoms with Gasteiger partial charge < -0.3 is 0 Å². The molecular weight excluding hydrogens is 324 g/mol. The van der Waals surface area contributed by atoms with Gasteiger partial charge in [-0.1, -0.05) is 0 Å². The zero-order valence-electron chi connectivity index (χ0n) is 13.2. The number of non-ortho nitro benzene ring substituents is 2. The first-order valence-electron chi connectivity index (χ1n) is 7.53. The molecule has 2 aromatic rings. The lowest BCUT2D eigenvalue weighted by molar-refractivity contribution is -0.808. The van der Waals surface area contributed by atoms with Crippen LogP contribution in [0.3, 0.4) is 0 Å². The van der Waals surface area contributed by atoms with Crippen LogP contribution in [0.2, 0.25) is 0 Å². The number of nitro groups is 2. The van der Waals surface area contributed by atoms with Gasteiger partial charge in [0.1, 0.15) is 19.3 Å². The first-order valence-corrected chi connectivity index (χ1v) is 7.53. The fourth-order valence-corrected chi connectivity index (χ4v) is 2.75. The van der Waals surface area contributed by atoms with E-state index in [1.807, 2.05) is 6.20 Å². The third-order valence-corrected chi connectivity index (χ3v) is 3.99. The molecule has 0 saturated heterocycles. The molecule has 1 aliphatic rings. The first kappa shape index (κ1) is 16.5. The van der Waals surface area contributed by atoms with E-state index in [1.54, 1.807) is 36.8 Å². The largest absolute Gasteiger partial charge is 0.269 e. The second kappa shape index (κ2) is 6.62. The normalized spacial score (nSPS) is 14.6. The minimum atomic E-state index is -0.428. The van der Waals surface area contributed by atoms with Gasteiger partial charge in [-0.3, -0.25) is 20.2 Å². The lowest BCUT2D eigenvalue weighted by Crippen LogP contribution is -2.38. The fraction of sp³-hybridized carbons (Fsp3) is 0.118. The Hall–Kier alpha value is -3.39. The molecule has 0 atom stereocenters. The summed E-state index contributed by atoms with van der Waals surface area (Å²) in [6.07, 6.45) is 5.43. The van der Waals surface area contributed by atoms with E-state index in [9.17, 15) is 20.2 Å². The van der Waals surface area contributed by atoms with E-state index >= 15 is 0 Å². The highest BCUT2D eigenvalue weighted by Gasteiger charge is 2.27. The van der Waals surface area contributed by atoms with Crippen molar-refractivity contribution in [3.8, 4) is 0 Å². The van der Waals surface area contributed by atoms with Crippen molar-refractivity contribution < 1.29 is 14.3 Å². The maximum absolute atomic E-state index is 10.8. The Balaban J connectivity index is 1.80. The lowest BCUT2D eigenvalue weighted by Gasteiger charge is -2.27. The number of aliphatic imine (C=N–C) groups is 1. The highest BCUT2D eigenvalue weighted by Crippen LogP contribution is 2.24. The molecule has 0 radical (unpaired) electrons. The Morgan fingerprint density at radius 2 is 1.24 bits per heavy atom. The summed E-state index contributed by atoms with van der Waals surface area (Å²) in [4.78, 5) is 24.8. The van der Waals surface area contributed by atoms with Gasteiger partial charge in [-0.15, -0.1) is 0 Å². The first-order chi connectivity index (χ1) is 12.0. The van der Waals surface area contributed by atoms with Crippen LogP contribution in [-0.4, -0.2) is 20.7 Å². The van der Waals surface area contributed by atoms with Gasteiger partial charge in [0, 0.05) is 35.4 Å². The van der Waals surface area contributed by atoms with Crippen molar-refractivity contribution in [2.24, 2.45) is 4.99 Å². The number of benzene rings is 2. The van der Waals surface area contributed by atoms with Gasteiger partial charge in [0.05, 0.1) is 16.0 Å². The van der Waals surface area contributed by atoms with Gasteiger partial charge in [0.25, 0.3) is 11.4 Å². The Kier molecular flexibility index (Phi) is 4.36. The van der Waals surface area contributed by atoms with Crippen molar-refractivity contribution in [3.63, 3.8) is 0 Å². The molecule has 8 nitrogen and oxygen atoms in total. The highest BCUT2D eigenvalue weighted by molar-refractivity contribution is 5.51. The van der Waals surface area contributed by atoms with Crippen molar-refractivity contribution in [1.82, 2.24) is 0 Å². The topological polar surface area (TPSA) is 98.6 Å². The summed E-state index contributed by atoms with van der Waals surface area (Å²) >= 11 is 0. The van der Waals surface area contributed by atoms with Gasteiger partial charge in [0.15, 0.2) is 6.34 Å². The summed E-state index contributed by atoms with van der Waals surface area (Å²) in [6.45, 7) is 1.16. The number of nitro benzene ring substituents is 2. The standard InChI is InChI=1S/C17H15N4O4/c22-19(23)16-5-1-14(2-6-16)11-21(10-9-18-13-21)12-15-3-7-17(8-4-15)20(24)25/h1-10,13H,11-12H2/q+1. The van der Waals surface area contributed by atoms with Crippen LogP contribution < -0.4 is 0 Å². The van der Waals surface area contributed by atoms with Crippen molar-refractivity contribution >= 4 is 17.7 Å². The average molecular weight is 339 g/mol. The molecule has 25 heavy (non-hydrogen) atoms. The summed E-state index contributed by atoms with van der Waals surface area (Å²) in [7, 11) is 0. The minimum Gasteiger partial charge on any atom is -0.258 e. The maximum atomic E-state index is 10.8. The fourth-order valence-electron chi connectivity index (χ4n) is 2.75. The Morgan fingerprint density at radius 3 is 1.56 bits per heavy atom. The Labute approximate surface area is 143 Å². The van der Waals surface area contributed by atoms with E-state index in [1.165, 1.54) is 24.3 Å². The predicted octanol–water partition coefficient (Wildman–Crippen LogP) is 3.53. The summed E-state index contributed by atoms with van der Waals surface area (Å²) in [5, 5.41) is 21.5. The molecule has 0 saturated carbocycles. The molecule has 126 valence electrons. The number of hydrogen-bond donors (Lipinski definition) is 0. The summed E-state index contributed by atoms with van der Waals surface area (Å²) < 4.78 is 0.412. The SMILES string of the molecule is O=[N+]([O-])c1ccc(C[N+]2(Cc3ccc([N+](=O)[O-])cc3)C=CN=C2)cc1. The minimum absolute atomic E-state index is 0.0521. The van der Waals surface area contributed by atoms with Crippen molar-refractivity contribution in [1.29, 1.82) is 0 Å². The zero-order chi connectivity index (χ0) is 17.9. The van der Waals surface area contributed by atoms with E-state index in [-0.39, 0.29) is 11.4 Å². The molecule has 0 bridgehead atoms. The summed E-state index contributed by atoms with van der Waals surface area (Å²) in [5.41, 5.74) is 1.98. The molecule has 0 fully saturated rings. The van der Waals surface area contributed by atoms with Crippen LogP contribution in [0.25, 0.3) is 0 Å². The molecule has 8 heteroatoms. The van der Waals surface area contributed by atoms with E-state index < -0.39 is 9.85 Å². The van der Waals surface area contributed by atoms with Gasteiger partial charge >= 0.3 is 0 Å². The molecule has 1 heterocycles. The molecular formula is C17H15N4O4+. The molecule has 3 rings (SSSR count). The Bertz CT molecular complexity index is 784. The van der Waals surface area contributed by atoms with E-state index in [2.05, 4.69) is 4.99 Å². The predicted molar refractivity (Wildman–Crippen MR) is 91.5 cm³/mol. The molecule has 0 aliphatic carbocycles. The van der Waals surface area contributed by atoms with Crippen molar-refractivity contribution in [3.05, 3.63) is 92.3 Å². The van der Waals surface area contributed by atoms with Crippen LogP contribution in [0, 0.1) is 20.2 Å². The van der Waals surface area contributed by atoms with Crippen LogP contribution in [0.5, 0.6) is 0 Å². The van der Waals surface area contributed by atoms with Gasteiger partial charge in [-0.25, -0.2) is 9.48 Å². The van der Waals surface area contributed by atoms with Crippen LogP contribution in [0.1, 0.15) is 11.1 Å². The number of rotatable bonds is 6. The van der Waals surface area contributed by atoms with Gasteiger partial charge in [-0.05, 0) is 24.3 Å². The van der Waals surface area contributed by atoms with Crippen LogP contribution in [-0.2, 0) is 13.1 Å². The number of nitrogens with zero attached hydrogens (tertiary/aromatic N) is 4. The number of hydrogen-bond acceptors (Lipinski definition) is 5. The van der Waals surface area contributed by atoms with Gasteiger partial charge in [-0.2, -0.15) is 0 Å². The zero-order valence-corrected chi connectivity index (χ0v) is 13.2. The molecule has 0 spiro atoms. The van der Waals surface area contributed by atoms with Crippen molar-refractivity contribution in [2.75, 3.05) is 0 Å². The quantitative estimate of drug-likeness (QED) is 0.456. The third-order valence-electron chi connectivity index (χ3n) is 3.99. The second-order valence-electron chi connectivity index (χ2n) is 5.83. The lowest BCUT2D eigenvalue weighted by atomic mass is 10.1. The second-order valence-corrected chi connectivity index (χ2v) is 5.83. The van der Waals surface area contributed by atoms with E-state index in [0.29, 0.717) is 17.6 Å². The van der Waals surface area contributed by atoms with E-state index in [0.717, 1.165) is 11.1 Å². The molecule has 0 aromatic heterocycles. The highest BCUT2D eigenvalue weighted by atomic mass is 16.6. The number of quaternary nitrogens is 1. The molecule has 1 aliphatic heterocycles. The molecule has 2 aromatic carbocycles. The molecule has 0 unspecified atom stereocenters. The van der Waals surface area contributed by atoms with Gasteiger partial charge in [0.2, 0.25) is 0 Å². The smallest absolute Gasteiger partial charge is 0.258 e. The summed E-state index contributed by atoms with van der Waals surface area (Å²) in [6, 6.07) is 12.8. The Morgan fingerprint density at radius 1 is 0.800 bits per heavy atom. The van der Waals surface area contributed by atoms with E-state index in [4.69, 9.17) is 0 Å². The van der Waals surface area contributed by atoms with Crippen LogP contribution in [0.4, 0.5) is 11.4 Å². The average Bonchev–Trinajstić information content (AvgIpc) is 3.04. The maximum Gasteiger partial charge on any atom is 0.269 e. The van der Waals surface area contributed by atoms with Crippen LogP contribution in [0.15, 0.2) is 65.9 Å². The third kappa shape index (κ3) is 3.75. The monoisotopic (exact) mass is 339 g/mol. The molecule has 0 amide bonds. The molecule has 0 N–H and O–H groups in total. The van der Waals surface area contributed by atoms with Crippen LogP contribution >= 0.6 is 0 Å².